The van der Waals surface area contributed by atoms with Crippen molar-refractivity contribution in [2.24, 2.45) is 0 Å². The molecule has 0 heterocycles. The lowest BCUT2D eigenvalue weighted by atomic mass is 10.1. The van der Waals surface area contributed by atoms with Crippen LogP contribution in [0.25, 0.3) is 0 Å². The van der Waals surface area contributed by atoms with Crippen LogP contribution in [0.1, 0.15) is 105 Å². The Morgan fingerprint density at radius 3 is 1.76 bits per heavy atom. The second kappa shape index (κ2) is 14.2. The Bertz CT molecular complexity index is 294. The van der Waals surface area contributed by atoms with Gasteiger partial charge in [0.05, 0.1) is 0 Å². The van der Waals surface area contributed by atoms with E-state index in [1.807, 2.05) is 0 Å². The van der Waals surface area contributed by atoms with Crippen molar-refractivity contribution < 1.29 is 4.79 Å². The minimum atomic E-state index is 0.197. The first-order chi connectivity index (χ1) is 10.2. The molecule has 0 atom stereocenters. The van der Waals surface area contributed by atoms with Crippen LogP contribution in [0.15, 0.2) is 11.3 Å². The molecule has 124 valence electrons. The van der Waals surface area contributed by atoms with E-state index in [0.29, 0.717) is 6.42 Å². The lowest BCUT2D eigenvalue weighted by Gasteiger charge is -2.11. The zero-order valence-electron chi connectivity index (χ0n) is 14.9. The van der Waals surface area contributed by atoms with Crippen LogP contribution < -0.4 is 5.32 Å². The number of nitrogens with one attached hydrogen (secondary N) is 1. The summed E-state index contributed by atoms with van der Waals surface area (Å²) in [6.45, 7) is 8.61. The van der Waals surface area contributed by atoms with Gasteiger partial charge >= 0.3 is 0 Å². The molecular formula is C19H37NO. The summed E-state index contributed by atoms with van der Waals surface area (Å²) in [6, 6.07) is 0. The molecule has 2 heteroatoms. The third kappa shape index (κ3) is 11.5. The van der Waals surface area contributed by atoms with E-state index in [9.17, 15) is 4.79 Å². The number of hydrogen-bond donors (Lipinski definition) is 1. The lowest BCUT2D eigenvalue weighted by Crippen LogP contribution is -2.23. The van der Waals surface area contributed by atoms with Gasteiger partial charge in [0.2, 0.25) is 5.91 Å². The van der Waals surface area contributed by atoms with Crippen LogP contribution in [0.3, 0.4) is 0 Å². The maximum absolute atomic E-state index is 11.9. The molecule has 0 fully saturated rings. The minimum Gasteiger partial charge on any atom is -0.330 e. The molecule has 0 spiro atoms. The summed E-state index contributed by atoms with van der Waals surface area (Å²) in [5, 5.41) is 3.08. The second-order valence-corrected chi connectivity index (χ2v) is 6.09. The molecule has 21 heavy (non-hydrogen) atoms. The molecule has 0 aliphatic heterocycles. The third-order valence-electron chi connectivity index (χ3n) is 4.20. The van der Waals surface area contributed by atoms with E-state index in [-0.39, 0.29) is 5.91 Å². The number of hydrogen-bond acceptors (Lipinski definition) is 1. The highest BCUT2D eigenvalue weighted by Gasteiger charge is 2.05. The van der Waals surface area contributed by atoms with Gasteiger partial charge in [0.25, 0.3) is 0 Å². The van der Waals surface area contributed by atoms with Crippen molar-refractivity contribution in [2.45, 2.75) is 105 Å². The number of amides is 1. The maximum Gasteiger partial charge on any atom is 0.224 e. The van der Waals surface area contributed by atoms with Gasteiger partial charge in [-0.15, -0.1) is 0 Å². The molecule has 0 radical (unpaired) electrons. The van der Waals surface area contributed by atoms with E-state index in [1.54, 1.807) is 0 Å². The summed E-state index contributed by atoms with van der Waals surface area (Å²) >= 11 is 0. The molecular weight excluding hydrogens is 258 g/mol. The monoisotopic (exact) mass is 295 g/mol. The third-order valence-corrected chi connectivity index (χ3v) is 4.20. The molecule has 0 aliphatic carbocycles. The van der Waals surface area contributed by atoms with Gasteiger partial charge in [-0.1, -0.05) is 77.7 Å². The number of carbonyl (C=O) groups is 1. The first-order valence-electron chi connectivity index (χ1n) is 9.14. The predicted octanol–water partition coefficient (Wildman–Crippen LogP) is 6.12. The fraction of sp³-hybridized carbons (Fsp3) is 0.842. The zero-order valence-corrected chi connectivity index (χ0v) is 14.9. The molecule has 0 saturated heterocycles. The highest BCUT2D eigenvalue weighted by Crippen LogP contribution is 2.12. The number of rotatable bonds is 13. The smallest absolute Gasteiger partial charge is 0.224 e. The van der Waals surface area contributed by atoms with Gasteiger partial charge in [0.1, 0.15) is 0 Å². The molecule has 2 nitrogen and oxygen atoms in total. The van der Waals surface area contributed by atoms with Crippen molar-refractivity contribution in [3.8, 4) is 0 Å². The van der Waals surface area contributed by atoms with Crippen molar-refractivity contribution in [3.05, 3.63) is 11.3 Å². The first kappa shape index (κ1) is 20.2. The van der Waals surface area contributed by atoms with Gasteiger partial charge in [-0.2, -0.15) is 0 Å². The molecule has 0 aromatic carbocycles. The van der Waals surface area contributed by atoms with Crippen LogP contribution in [-0.4, -0.2) is 5.91 Å². The second-order valence-electron chi connectivity index (χ2n) is 6.09. The first-order valence-corrected chi connectivity index (χ1v) is 9.14. The van der Waals surface area contributed by atoms with Gasteiger partial charge in [-0.25, -0.2) is 0 Å². The topological polar surface area (TPSA) is 29.1 Å². The fourth-order valence-corrected chi connectivity index (χ4v) is 2.54. The molecule has 0 rings (SSSR count). The highest BCUT2D eigenvalue weighted by atomic mass is 16.1. The summed E-state index contributed by atoms with van der Waals surface area (Å²) in [5.41, 5.74) is 2.43. The van der Waals surface area contributed by atoms with Crippen LogP contribution in [0.5, 0.6) is 0 Å². The molecule has 0 unspecified atom stereocenters. The van der Waals surface area contributed by atoms with E-state index in [2.05, 4.69) is 33.0 Å². The highest BCUT2D eigenvalue weighted by molar-refractivity contribution is 5.77. The number of unbranched alkanes of at least 4 members (excludes halogenated alkanes) is 8. The quantitative estimate of drug-likeness (QED) is 0.408. The number of carbonyl (C=O) groups excluding carboxylic acids is 1. The normalized spacial score (nSPS) is 12.2. The Kier molecular flexibility index (Phi) is 13.6. The largest absolute Gasteiger partial charge is 0.330 e. The molecule has 0 bridgehead atoms. The predicted molar refractivity (Wildman–Crippen MR) is 93.3 cm³/mol. The van der Waals surface area contributed by atoms with Crippen LogP contribution >= 0.6 is 0 Å². The van der Waals surface area contributed by atoms with E-state index in [4.69, 9.17) is 0 Å². The Morgan fingerprint density at radius 2 is 1.29 bits per heavy atom. The lowest BCUT2D eigenvalue weighted by molar-refractivity contribution is -0.120. The summed E-state index contributed by atoms with van der Waals surface area (Å²) in [5.74, 6) is 0.197. The molecule has 0 aromatic heterocycles. The van der Waals surface area contributed by atoms with Crippen molar-refractivity contribution >= 4 is 5.91 Å². The van der Waals surface area contributed by atoms with Crippen LogP contribution in [0.4, 0.5) is 0 Å². The molecule has 0 saturated carbocycles. The van der Waals surface area contributed by atoms with E-state index < -0.39 is 0 Å². The van der Waals surface area contributed by atoms with Crippen molar-refractivity contribution in [3.63, 3.8) is 0 Å². The fourth-order valence-electron chi connectivity index (χ4n) is 2.54. The summed E-state index contributed by atoms with van der Waals surface area (Å²) < 4.78 is 0. The summed E-state index contributed by atoms with van der Waals surface area (Å²) in [4.78, 5) is 11.9. The van der Waals surface area contributed by atoms with Crippen molar-refractivity contribution in [1.29, 1.82) is 0 Å². The Labute approximate surface area is 132 Å². The van der Waals surface area contributed by atoms with Gasteiger partial charge < -0.3 is 5.32 Å². The Morgan fingerprint density at radius 1 is 0.762 bits per heavy atom. The average molecular weight is 296 g/mol. The zero-order chi connectivity index (χ0) is 15.9. The van der Waals surface area contributed by atoms with Crippen molar-refractivity contribution in [2.75, 3.05) is 0 Å². The van der Waals surface area contributed by atoms with Crippen LogP contribution in [0, 0.1) is 0 Å². The van der Waals surface area contributed by atoms with Crippen LogP contribution in [0.2, 0.25) is 0 Å². The SMILES string of the molecule is CCCCCCCCCCCC(=O)NC(CC)=C(C)CC. The summed E-state index contributed by atoms with van der Waals surface area (Å²) in [7, 11) is 0. The van der Waals surface area contributed by atoms with Crippen LogP contribution in [-0.2, 0) is 4.79 Å². The van der Waals surface area contributed by atoms with Gasteiger partial charge in [-0.3, -0.25) is 4.79 Å². The van der Waals surface area contributed by atoms with Gasteiger partial charge in [-0.05, 0) is 26.2 Å². The molecule has 0 aromatic rings. The molecule has 1 N–H and O–H groups in total. The maximum atomic E-state index is 11.9. The van der Waals surface area contributed by atoms with Gasteiger partial charge in [0, 0.05) is 12.1 Å². The standard InChI is InChI=1S/C19H37NO/c1-5-8-9-10-11-12-13-14-15-16-19(21)20-18(7-3)17(4)6-2/h5-16H2,1-4H3,(H,20,21). The van der Waals surface area contributed by atoms with E-state index in [0.717, 1.165) is 25.0 Å². The van der Waals surface area contributed by atoms with Crippen molar-refractivity contribution in [1.82, 2.24) is 5.32 Å². The molecule has 1 amide bonds. The number of allylic oxidation sites excluding steroid dienone is 2. The molecule has 0 aliphatic rings. The Hall–Kier alpha value is -0.790. The summed E-state index contributed by atoms with van der Waals surface area (Å²) in [6.07, 6.45) is 14.3. The minimum absolute atomic E-state index is 0.197. The van der Waals surface area contributed by atoms with Gasteiger partial charge in [0.15, 0.2) is 0 Å². The average Bonchev–Trinajstić information content (AvgIpc) is 2.50. The van der Waals surface area contributed by atoms with E-state index >= 15 is 0 Å². The van der Waals surface area contributed by atoms with E-state index in [1.165, 1.54) is 56.9 Å². The Balaban J connectivity index is 3.58.